The van der Waals surface area contributed by atoms with Crippen molar-refractivity contribution in [2.75, 3.05) is 6.61 Å². The van der Waals surface area contributed by atoms with Crippen molar-refractivity contribution in [3.63, 3.8) is 0 Å². The lowest BCUT2D eigenvalue weighted by Gasteiger charge is -2.05. The van der Waals surface area contributed by atoms with Crippen LogP contribution in [-0.2, 0) is 4.79 Å². The third kappa shape index (κ3) is 3.63. The fourth-order valence-corrected chi connectivity index (χ4v) is 1.84. The van der Waals surface area contributed by atoms with Crippen LogP contribution < -0.4 is 4.74 Å². The predicted octanol–water partition coefficient (Wildman–Crippen LogP) is 3.59. The molecule has 0 unspecified atom stereocenters. The normalized spacial score (nSPS) is 14.8. The number of hydrogen-bond donors (Lipinski definition) is 0. The van der Waals surface area contributed by atoms with Gasteiger partial charge in [0.25, 0.3) is 0 Å². The van der Waals surface area contributed by atoms with Gasteiger partial charge in [0.15, 0.2) is 0 Å². The van der Waals surface area contributed by atoms with Crippen LogP contribution in [0.1, 0.15) is 25.7 Å². The summed E-state index contributed by atoms with van der Waals surface area (Å²) in [6, 6.07) is 7.74. The Morgan fingerprint density at radius 2 is 2.00 bits per heavy atom. The standard InChI is InChI=1S/C13H15BrO2/c14-11-5-7-12(8-6-11)16-9-1-2-13(15)10-3-4-10/h5-8,10H,1-4,9H2. The zero-order chi connectivity index (χ0) is 11.4. The summed E-state index contributed by atoms with van der Waals surface area (Å²) in [5.41, 5.74) is 0. The second kappa shape index (κ2) is 5.48. The summed E-state index contributed by atoms with van der Waals surface area (Å²) in [6.07, 6.45) is 3.70. The van der Waals surface area contributed by atoms with Crippen molar-refractivity contribution in [3.8, 4) is 5.75 Å². The Balaban J connectivity index is 1.63. The van der Waals surface area contributed by atoms with E-state index in [-0.39, 0.29) is 0 Å². The number of carbonyl (C=O) groups is 1. The van der Waals surface area contributed by atoms with Crippen molar-refractivity contribution in [2.24, 2.45) is 5.92 Å². The van der Waals surface area contributed by atoms with E-state index in [4.69, 9.17) is 4.74 Å². The molecule has 0 spiro atoms. The highest BCUT2D eigenvalue weighted by atomic mass is 79.9. The molecule has 1 aromatic rings. The molecule has 86 valence electrons. The van der Waals surface area contributed by atoms with Crippen LogP contribution in [-0.4, -0.2) is 12.4 Å². The van der Waals surface area contributed by atoms with Gasteiger partial charge in [0.05, 0.1) is 6.61 Å². The molecule has 0 aromatic heterocycles. The monoisotopic (exact) mass is 282 g/mol. The summed E-state index contributed by atoms with van der Waals surface area (Å²) >= 11 is 3.37. The zero-order valence-corrected chi connectivity index (χ0v) is 10.7. The number of hydrogen-bond acceptors (Lipinski definition) is 2. The van der Waals surface area contributed by atoms with Gasteiger partial charge in [-0.25, -0.2) is 0 Å². The molecule has 0 N–H and O–H groups in total. The van der Waals surface area contributed by atoms with Gasteiger partial charge in [0.1, 0.15) is 11.5 Å². The highest BCUT2D eigenvalue weighted by molar-refractivity contribution is 9.10. The van der Waals surface area contributed by atoms with E-state index in [2.05, 4.69) is 15.9 Å². The van der Waals surface area contributed by atoms with E-state index in [1.54, 1.807) is 0 Å². The SMILES string of the molecule is O=C(CCCOc1ccc(Br)cc1)C1CC1. The smallest absolute Gasteiger partial charge is 0.136 e. The van der Waals surface area contributed by atoms with E-state index in [0.29, 0.717) is 24.7 Å². The minimum Gasteiger partial charge on any atom is -0.494 e. The maximum atomic E-state index is 11.4. The lowest BCUT2D eigenvalue weighted by molar-refractivity contribution is -0.120. The third-order valence-electron chi connectivity index (χ3n) is 2.68. The van der Waals surface area contributed by atoms with Crippen molar-refractivity contribution in [2.45, 2.75) is 25.7 Å². The predicted molar refractivity (Wildman–Crippen MR) is 66.6 cm³/mol. The zero-order valence-electron chi connectivity index (χ0n) is 9.12. The minimum atomic E-state index is 0.382. The van der Waals surface area contributed by atoms with Crippen molar-refractivity contribution in [1.29, 1.82) is 0 Å². The fourth-order valence-electron chi connectivity index (χ4n) is 1.58. The first-order chi connectivity index (χ1) is 7.75. The summed E-state index contributed by atoms with van der Waals surface area (Å²) in [7, 11) is 0. The van der Waals surface area contributed by atoms with E-state index >= 15 is 0 Å². The topological polar surface area (TPSA) is 26.3 Å². The molecule has 0 aliphatic heterocycles. The first-order valence-electron chi connectivity index (χ1n) is 5.67. The van der Waals surface area contributed by atoms with E-state index in [1.165, 1.54) is 0 Å². The highest BCUT2D eigenvalue weighted by Gasteiger charge is 2.28. The minimum absolute atomic E-state index is 0.382. The van der Waals surface area contributed by atoms with E-state index in [9.17, 15) is 4.79 Å². The maximum Gasteiger partial charge on any atom is 0.136 e. The Morgan fingerprint density at radius 3 is 2.62 bits per heavy atom. The van der Waals surface area contributed by atoms with Crippen LogP contribution in [0, 0.1) is 5.92 Å². The fraction of sp³-hybridized carbons (Fsp3) is 0.462. The average molecular weight is 283 g/mol. The van der Waals surface area contributed by atoms with Crippen LogP contribution in [0.25, 0.3) is 0 Å². The Kier molecular flexibility index (Phi) is 3.99. The first kappa shape index (κ1) is 11.6. The number of halogens is 1. The molecule has 16 heavy (non-hydrogen) atoms. The Hall–Kier alpha value is -0.830. The van der Waals surface area contributed by atoms with Crippen LogP contribution >= 0.6 is 15.9 Å². The molecule has 0 radical (unpaired) electrons. The van der Waals surface area contributed by atoms with Crippen LogP contribution in [0.4, 0.5) is 0 Å². The van der Waals surface area contributed by atoms with Gasteiger partial charge in [-0.3, -0.25) is 4.79 Å². The molecule has 0 saturated heterocycles. The van der Waals surface area contributed by atoms with Crippen molar-refractivity contribution in [1.82, 2.24) is 0 Å². The summed E-state index contributed by atoms with van der Waals surface area (Å²) in [5, 5.41) is 0. The quantitative estimate of drug-likeness (QED) is 0.746. The summed E-state index contributed by atoms with van der Waals surface area (Å²) in [4.78, 5) is 11.4. The highest BCUT2D eigenvalue weighted by Crippen LogP contribution is 2.31. The van der Waals surface area contributed by atoms with Gasteiger partial charge in [0, 0.05) is 16.8 Å². The van der Waals surface area contributed by atoms with Gasteiger partial charge in [0.2, 0.25) is 0 Å². The molecule has 1 fully saturated rings. The second-order valence-corrected chi connectivity index (χ2v) is 5.06. The molecule has 0 atom stereocenters. The molecule has 0 amide bonds. The Labute approximate surface area is 104 Å². The number of benzene rings is 1. The molecule has 1 aliphatic carbocycles. The van der Waals surface area contributed by atoms with Gasteiger partial charge in [-0.15, -0.1) is 0 Å². The number of ketones is 1. The molecule has 0 bridgehead atoms. The maximum absolute atomic E-state index is 11.4. The van der Waals surface area contributed by atoms with Crippen molar-refractivity contribution >= 4 is 21.7 Å². The molecule has 1 saturated carbocycles. The summed E-state index contributed by atoms with van der Waals surface area (Å²) in [5.74, 6) is 1.66. The first-order valence-corrected chi connectivity index (χ1v) is 6.46. The number of Topliss-reactive ketones (excluding diaryl/α,β-unsaturated/α-hetero) is 1. The molecule has 2 nitrogen and oxygen atoms in total. The van der Waals surface area contributed by atoms with Crippen molar-refractivity contribution < 1.29 is 9.53 Å². The third-order valence-corrected chi connectivity index (χ3v) is 3.21. The molecule has 2 rings (SSSR count). The van der Waals surface area contributed by atoms with E-state index in [1.807, 2.05) is 24.3 Å². The summed E-state index contributed by atoms with van der Waals surface area (Å²) in [6.45, 7) is 0.625. The lowest BCUT2D eigenvalue weighted by atomic mass is 10.1. The number of ether oxygens (including phenoxy) is 1. The van der Waals surface area contributed by atoms with Gasteiger partial charge >= 0.3 is 0 Å². The molecule has 1 aliphatic rings. The van der Waals surface area contributed by atoms with Crippen LogP contribution in [0.15, 0.2) is 28.7 Å². The van der Waals surface area contributed by atoms with Gasteiger partial charge in [-0.2, -0.15) is 0 Å². The Bertz CT molecular complexity index is 355. The molecule has 3 heteroatoms. The molecular weight excluding hydrogens is 268 g/mol. The van der Waals surface area contributed by atoms with Gasteiger partial charge in [-0.1, -0.05) is 15.9 Å². The van der Waals surface area contributed by atoms with E-state index in [0.717, 1.165) is 29.5 Å². The largest absolute Gasteiger partial charge is 0.494 e. The lowest BCUT2D eigenvalue weighted by Crippen LogP contribution is -2.04. The Morgan fingerprint density at radius 1 is 1.31 bits per heavy atom. The van der Waals surface area contributed by atoms with E-state index < -0.39 is 0 Å². The van der Waals surface area contributed by atoms with Crippen LogP contribution in [0.3, 0.4) is 0 Å². The second-order valence-electron chi connectivity index (χ2n) is 4.15. The van der Waals surface area contributed by atoms with Gasteiger partial charge < -0.3 is 4.74 Å². The van der Waals surface area contributed by atoms with Crippen molar-refractivity contribution in [3.05, 3.63) is 28.7 Å². The van der Waals surface area contributed by atoms with Crippen LogP contribution in [0.2, 0.25) is 0 Å². The average Bonchev–Trinajstić information content (AvgIpc) is 3.10. The molecule has 1 aromatic carbocycles. The molecule has 0 heterocycles. The summed E-state index contributed by atoms with van der Waals surface area (Å²) < 4.78 is 6.58. The van der Waals surface area contributed by atoms with Gasteiger partial charge in [-0.05, 0) is 43.5 Å². The number of carbonyl (C=O) groups excluding carboxylic acids is 1. The van der Waals surface area contributed by atoms with Crippen LogP contribution in [0.5, 0.6) is 5.75 Å². The molecular formula is C13H15BrO2. The number of rotatable bonds is 6.